The average Bonchev–Trinajstić information content (AvgIpc) is 2.05. The van der Waals surface area contributed by atoms with Gasteiger partial charge < -0.3 is 16.0 Å². The van der Waals surface area contributed by atoms with Crippen molar-refractivity contribution in [3.05, 3.63) is 0 Å². The lowest BCUT2D eigenvalue weighted by molar-refractivity contribution is 0.201. The van der Waals surface area contributed by atoms with Crippen LogP contribution in [0.4, 0.5) is 0 Å². The van der Waals surface area contributed by atoms with Crippen molar-refractivity contribution in [1.29, 1.82) is 0 Å². The summed E-state index contributed by atoms with van der Waals surface area (Å²) in [5, 5.41) is 3.17. The molecule has 1 fully saturated rings. The van der Waals surface area contributed by atoms with Crippen molar-refractivity contribution in [3.8, 4) is 0 Å². The Bertz CT molecular complexity index is 116. The molecule has 1 rings (SSSR count). The predicted octanol–water partition coefficient (Wildman–Crippen LogP) is 0.224. The Hall–Kier alpha value is -0.120. The van der Waals surface area contributed by atoms with E-state index in [2.05, 4.69) is 17.3 Å². The predicted molar refractivity (Wildman–Crippen MR) is 51.9 cm³/mol. The Morgan fingerprint density at radius 3 is 3.08 bits per heavy atom. The van der Waals surface area contributed by atoms with E-state index in [-0.39, 0.29) is 0 Å². The first-order chi connectivity index (χ1) is 5.83. The molecule has 0 radical (unpaired) electrons. The Labute approximate surface area is 75.3 Å². The smallest absolute Gasteiger partial charge is 0.0428 e. The number of rotatable bonds is 4. The fraction of sp³-hybridized carbons (Fsp3) is 1.00. The van der Waals surface area contributed by atoms with Crippen LogP contribution < -0.4 is 11.1 Å². The zero-order valence-corrected chi connectivity index (χ0v) is 8.05. The van der Waals surface area contributed by atoms with Crippen LogP contribution in [0.1, 0.15) is 19.3 Å². The van der Waals surface area contributed by atoms with Gasteiger partial charge in [0.1, 0.15) is 0 Å². The molecule has 1 heterocycles. The molecule has 0 aliphatic carbocycles. The van der Waals surface area contributed by atoms with Gasteiger partial charge in [0.25, 0.3) is 0 Å². The van der Waals surface area contributed by atoms with Gasteiger partial charge in [-0.3, -0.25) is 0 Å². The molecule has 0 amide bonds. The summed E-state index contributed by atoms with van der Waals surface area (Å²) in [7, 11) is 2.21. The van der Waals surface area contributed by atoms with E-state index in [9.17, 15) is 0 Å². The summed E-state index contributed by atoms with van der Waals surface area (Å²) in [5.74, 6) is 0.891. The summed E-state index contributed by atoms with van der Waals surface area (Å²) < 4.78 is 0. The maximum atomic E-state index is 5.35. The molecule has 3 nitrogen and oxygen atoms in total. The van der Waals surface area contributed by atoms with Crippen molar-refractivity contribution >= 4 is 0 Å². The molecule has 3 N–H and O–H groups in total. The Morgan fingerprint density at radius 1 is 1.58 bits per heavy atom. The molecule has 1 aliphatic heterocycles. The van der Waals surface area contributed by atoms with Gasteiger partial charge in [0.05, 0.1) is 0 Å². The number of nitrogens with zero attached hydrogens (tertiary/aromatic N) is 1. The first-order valence-electron chi connectivity index (χ1n) is 4.92. The number of hydrogen-bond donors (Lipinski definition) is 2. The van der Waals surface area contributed by atoms with E-state index in [1.54, 1.807) is 0 Å². The molecule has 0 saturated carbocycles. The molecular weight excluding hydrogens is 150 g/mol. The van der Waals surface area contributed by atoms with Crippen molar-refractivity contribution in [3.63, 3.8) is 0 Å². The first-order valence-corrected chi connectivity index (χ1v) is 4.92. The van der Waals surface area contributed by atoms with Crippen molar-refractivity contribution in [2.24, 2.45) is 11.7 Å². The minimum Gasteiger partial charge on any atom is -0.318 e. The van der Waals surface area contributed by atoms with Crippen LogP contribution in [-0.4, -0.2) is 38.3 Å². The van der Waals surface area contributed by atoms with E-state index in [1.165, 1.54) is 32.4 Å². The Kier molecular flexibility index (Phi) is 4.58. The highest BCUT2D eigenvalue weighted by molar-refractivity contribution is 4.70. The summed E-state index contributed by atoms with van der Waals surface area (Å²) in [6, 6.07) is 0. The number of hydrogen-bond acceptors (Lipinski definition) is 3. The SMILES string of the molecule is CN1CCCC(CCNCN)C1. The molecule has 12 heavy (non-hydrogen) atoms. The zero-order chi connectivity index (χ0) is 8.81. The summed E-state index contributed by atoms with van der Waals surface area (Å²) >= 11 is 0. The van der Waals surface area contributed by atoms with Gasteiger partial charge in [0.2, 0.25) is 0 Å². The van der Waals surface area contributed by atoms with Crippen molar-refractivity contribution in [2.45, 2.75) is 19.3 Å². The maximum absolute atomic E-state index is 5.35. The van der Waals surface area contributed by atoms with Crippen LogP contribution >= 0.6 is 0 Å². The molecule has 0 spiro atoms. The van der Waals surface area contributed by atoms with Crippen LogP contribution in [0.5, 0.6) is 0 Å². The van der Waals surface area contributed by atoms with Crippen molar-refractivity contribution in [1.82, 2.24) is 10.2 Å². The van der Waals surface area contributed by atoms with E-state index in [0.29, 0.717) is 6.67 Å². The van der Waals surface area contributed by atoms with Gasteiger partial charge in [-0.05, 0) is 45.3 Å². The first kappa shape index (κ1) is 9.96. The maximum Gasteiger partial charge on any atom is 0.0428 e. The highest BCUT2D eigenvalue weighted by Gasteiger charge is 2.15. The number of nitrogens with two attached hydrogens (primary N) is 1. The quantitative estimate of drug-likeness (QED) is 0.470. The van der Waals surface area contributed by atoms with Crippen molar-refractivity contribution < 1.29 is 0 Å². The van der Waals surface area contributed by atoms with E-state index in [1.807, 2.05) is 0 Å². The van der Waals surface area contributed by atoms with E-state index in [4.69, 9.17) is 5.73 Å². The van der Waals surface area contributed by atoms with Gasteiger partial charge >= 0.3 is 0 Å². The summed E-state index contributed by atoms with van der Waals surface area (Å²) in [6.07, 6.45) is 4.04. The van der Waals surface area contributed by atoms with Crippen LogP contribution in [0, 0.1) is 5.92 Å². The summed E-state index contributed by atoms with van der Waals surface area (Å²) in [5.41, 5.74) is 5.35. The fourth-order valence-electron chi connectivity index (χ4n) is 1.92. The van der Waals surface area contributed by atoms with E-state index < -0.39 is 0 Å². The Morgan fingerprint density at radius 2 is 2.42 bits per heavy atom. The molecule has 0 aromatic carbocycles. The number of likely N-dealkylation sites (tertiary alicyclic amines) is 1. The monoisotopic (exact) mass is 171 g/mol. The second kappa shape index (κ2) is 5.51. The van der Waals surface area contributed by atoms with Gasteiger partial charge in [-0.2, -0.15) is 0 Å². The third-order valence-corrected chi connectivity index (χ3v) is 2.60. The molecule has 0 aromatic heterocycles. The third-order valence-electron chi connectivity index (χ3n) is 2.60. The summed E-state index contributed by atoms with van der Waals surface area (Å²) in [6.45, 7) is 4.24. The molecule has 0 aromatic rings. The third kappa shape index (κ3) is 3.52. The molecule has 3 heteroatoms. The van der Waals surface area contributed by atoms with E-state index >= 15 is 0 Å². The van der Waals surface area contributed by atoms with Crippen LogP contribution in [0.2, 0.25) is 0 Å². The fourth-order valence-corrected chi connectivity index (χ4v) is 1.92. The van der Waals surface area contributed by atoms with Gasteiger partial charge in [0, 0.05) is 13.2 Å². The number of nitrogens with one attached hydrogen (secondary N) is 1. The van der Waals surface area contributed by atoms with Crippen molar-refractivity contribution in [2.75, 3.05) is 33.4 Å². The van der Waals surface area contributed by atoms with Crippen LogP contribution in [-0.2, 0) is 0 Å². The zero-order valence-electron chi connectivity index (χ0n) is 8.05. The molecule has 1 atom stereocenters. The van der Waals surface area contributed by atoms with Crippen LogP contribution in [0.3, 0.4) is 0 Å². The van der Waals surface area contributed by atoms with Gasteiger partial charge in [0.15, 0.2) is 0 Å². The molecule has 1 saturated heterocycles. The minimum absolute atomic E-state index is 0.614. The highest BCUT2D eigenvalue weighted by Crippen LogP contribution is 2.17. The van der Waals surface area contributed by atoms with Gasteiger partial charge in [-0.1, -0.05) is 0 Å². The molecule has 1 aliphatic rings. The molecule has 0 bridgehead atoms. The largest absolute Gasteiger partial charge is 0.318 e. The van der Waals surface area contributed by atoms with Gasteiger partial charge in [-0.25, -0.2) is 0 Å². The van der Waals surface area contributed by atoms with E-state index in [0.717, 1.165) is 12.5 Å². The van der Waals surface area contributed by atoms with Crippen LogP contribution in [0.15, 0.2) is 0 Å². The molecular formula is C9H21N3. The lowest BCUT2D eigenvalue weighted by Crippen LogP contribution is -2.34. The number of piperidine rings is 1. The molecule has 1 unspecified atom stereocenters. The lowest BCUT2D eigenvalue weighted by atomic mass is 9.95. The second-order valence-corrected chi connectivity index (χ2v) is 3.76. The molecule has 72 valence electrons. The van der Waals surface area contributed by atoms with Gasteiger partial charge in [-0.15, -0.1) is 0 Å². The normalized spacial score (nSPS) is 26.0. The second-order valence-electron chi connectivity index (χ2n) is 3.76. The highest BCUT2D eigenvalue weighted by atomic mass is 15.1. The minimum atomic E-state index is 0.614. The summed E-state index contributed by atoms with van der Waals surface area (Å²) in [4.78, 5) is 2.43. The lowest BCUT2D eigenvalue weighted by Gasteiger charge is -2.29. The average molecular weight is 171 g/mol. The Balaban J connectivity index is 2.06. The topological polar surface area (TPSA) is 41.3 Å². The van der Waals surface area contributed by atoms with Crippen LogP contribution in [0.25, 0.3) is 0 Å². The standard InChI is InChI=1S/C9H21N3/c1-12-6-2-3-9(7-12)4-5-11-8-10/h9,11H,2-8,10H2,1H3.